The van der Waals surface area contributed by atoms with Crippen molar-refractivity contribution >= 4 is 27.5 Å². The van der Waals surface area contributed by atoms with Crippen molar-refractivity contribution in [3.8, 4) is 11.6 Å². The molecule has 0 saturated carbocycles. The van der Waals surface area contributed by atoms with Gasteiger partial charge >= 0.3 is 0 Å². The first-order valence-corrected chi connectivity index (χ1v) is 7.23. The molecule has 0 fully saturated rings. The van der Waals surface area contributed by atoms with Gasteiger partial charge < -0.3 is 4.74 Å². The van der Waals surface area contributed by atoms with Crippen molar-refractivity contribution in [2.24, 2.45) is 0 Å². The second kappa shape index (κ2) is 6.35. The molecule has 1 aromatic carbocycles. The van der Waals surface area contributed by atoms with Crippen LogP contribution in [-0.2, 0) is 6.42 Å². The molecule has 0 spiro atoms. The average molecular weight is 342 g/mol. The zero-order valence-electron chi connectivity index (χ0n) is 10.8. The lowest BCUT2D eigenvalue weighted by Crippen LogP contribution is -1.97. The van der Waals surface area contributed by atoms with Crippen LogP contribution in [0.5, 0.6) is 11.6 Å². The Morgan fingerprint density at radius 2 is 2.05 bits per heavy atom. The van der Waals surface area contributed by atoms with Gasteiger partial charge in [-0.2, -0.15) is 4.98 Å². The predicted molar refractivity (Wildman–Crippen MR) is 80.0 cm³/mol. The van der Waals surface area contributed by atoms with Crippen molar-refractivity contribution in [2.45, 2.75) is 26.7 Å². The van der Waals surface area contributed by atoms with E-state index in [0.29, 0.717) is 16.9 Å². The molecule has 0 aliphatic heterocycles. The van der Waals surface area contributed by atoms with Gasteiger partial charge in [-0.15, -0.1) is 0 Å². The highest BCUT2D eigenvalue weighted by Gasteiger charge is 2.06. The zero-order valence-corrected chi connectivity index (χ0v) is 13.1. The molecule has 5 heteroatoms. The summed E-state index contributed by atoms with van der Waals surface area (Å²) in [4.78, 5) is 8.50. The summed E-state index contributed by atoms with van der Waals surface area (Å²) in [6, 6.07) is 7.39. The molecule has 0 N–H and O–H groups in total. The first-order chi connectivity index (χ1) is 9.08. The summed E-state index contributed by atoms with van der Waals surface area (Å²) in [6.07, 6.45) is 1.76. The van der Waals surface area contributed by atoms with Gasteiger partial charge in [0.1, 0.15) is 16.7 Å². The summed E-state index contributed by atoms with van der Waals surface area (Å²) < 4.78 is 6.77. The van der Waals surface area contributed by atoms with Crippen molar-refractivity contribution in [3.05, 3.63) is 45.3 Å². The molecule has 0 saturated heterocycles. The van der Waals surface area contributed by atoms with Crippen LogP contribution in [0.15, 0.2) is 28.7 Å². The molecule has 0 atom stereocenters. The van der Waals surface area contributed by atoms with Crippen LogP contribution in [0.2, 0.25) is 5.15 Å². The summed E-state index contributed by atoms with van der Waals surface area (Å²) in [6.45, 7) is 4.08. The van der Waals surface area contributed by atoms with Crippen LogP contribution in [0.4, 0.5) is 0 Å². The fourth-order valence-electron chi connectivity index (χ4n) is 1.63. The van der Waals surface area contributed by atoms with Gasteiger partial charge in [-0.25, -0.2) is 4.98 Å². The number of halogens is 2. The van der Waals surface area contributed by atoms with E-state index in [9.17, 15) is 0 Å². The third-order valence-electron chi connectivity index (χ3n) is 2.54. The van der Waals surface area contributed by atoms with Gasteiger partial charge in [0.05, 0.1) is 0 Å². The van der Waals surface area contributed by atoms with Crippen molar-refractivity contribution in [2.75, 3.05) is 0 Å². The molecule has 0 amide bonds. The van der Waals surface area contributed by atoms with E-state index in [-0.39, 0.29) is 0 Å². The molecular weight excluding hydrogens is 328 g/mol. The van der Waals surface area contributed by atoms with Gasteiger partial charge in [-0.3, -0.25) is 0 Å². The van der Waals surface area contributed by atoms with Gasteiger partial charge in [0.2, 0.25) is 5.88 Å². The Morgan fingerprint density at radius 3 is 2.74 bits per heavy atom. The fourth-order valence-corrected chi connectivity index (χ4v) is 2.07. The quantitative estimate of drug-likeness (QED) is 0.738. The first-order valence-electron chi connectivity index (χ1n) is 6.06. The van der Waals surface area contributed by atoms with Crippen molar-refractivity contribution in [1.82, 2.24) is 9.97 Å². The molecular formula is C14H14BrClN2O. The maximum atomic E-state index is 5.97. The molecule has 0 bridgehead atoms. The molecule has 0 unspecified atom stereocenters. The van der Waals surface area contributed by atoms with Crippen molar-refractivity contribution in [1.29, 1.82) is 0 Å². The summed E-state index contributed by atoms with van der Waals surface area (Å²) in [5.41, 5.74) is 1.10. The molecule has 1 heterocycles. The molecule has 0 radical (unpaired) electrons. The third kappa shape index (κ3) is 3.91. The average Bonchev–Trinajstić information content (AvgIpc) is 2.33. The van der Waals surface area contributed by atoms with Crippen LogP contribution in [0.1, 0.15) is 24.7 Å². The van der Waals surface area contributed by atoms with E-state index in [0.717, 1.165) is 28.6 Å². The van der Waals surface area contributed by atoms with Gasteiger partial charge in [0.15, 0.2) is 0 Å². The van der Waals surface area contributed by atoms with Gasteiger partial charge in [-0.1, -0.05) is 34.5 Å². The summed E-state index contributed by atoms with van der Waals surface area (Å²) in [5, 5.41) is 0.405. The zero-order chi connectivity index (χ0) is 13.8. The van der Waals surface area contributed by atoms with Gasteiger partial charge in [0, 0.05) is 17.0 Å². The van der Waals surface area contributed by atoms with E-state index >= 15 is 0 Å². The molecule has 1 aromatic heterocycles. The predicted octanol–water partition coefficient (Wildman–Crippen LogP) is 4.95. The number of aromatic nitrogens is 2. The number of hydrogen-bond donors (Lipinski definition) is 0. The van der Waals surface area contributed by atoms with Crippen molar-refractivity contribution in [3.63, 3.8) is 0 Å². The normalized spacial score (nSPS) is 10.5. The highest BCUT2D eigenvalue weighted by atomic mass is 79.9. The monoisotopic (exact) mass is 340 g/mol. The first kappa shape index (κ1) is 14.3. The van der Waals surface area contributed by atoms with Crippen LogP contribution in [0, 0.1) is 6.92 Å². The molecule has 0 aliphatic rings. The van der Waals surface area contributed by atoms with Gasteiger partial charge in [-0.05, 0) is 37.1 Å². The Labute approximate surface area is 126 Å². The minimum absolute atomic E-state index is 0.405. The fraction of sp³-hybridized carbons (Fsp3) is 0.286. The van der Waals surface area contributed by atoms with E-state index in [1.54, 1.807) is 6.07 Å². The van der Waals surface area contributed by atoms with E-state index in [1.165, 1.54) is 0 Å². The highest BCUT2D eigenvalue weighted by molar-refractivity contribution is 9.10. The van der Waals surface area contributed by atoms with E-state index < -0.39 is 0 Å². The summed E-state index contributed by atoms with van der Waals surface area (Å²) >= 11 is 9.43. The molecule has 3 nitrogen and oxygen atoms in total. The lowest BCUT2D eigenvalue weighted by atomic mass is 10.2. The van der Waals surface area contributed by atoms with Crippen LogP contribution < -0.4 is 4.74 Å². The van der Waals surface area contributed by atoms with Crippen LogP contribution >= 0.6 is 27.5 Å². The Hall–Kier alpha value is -1.13. The Morgan fingerprint density at radius 1 is 1.26 bits per heavy atom. The van der Waals surface area contributed by atoms with Crippen LogP contribution in [-0.4, -0.2) is 9.97 Å². The van der Waals surface area contributed by atoms with Crippen molar-refractivity contribution < 1.29 is 4.74 Å². The number of benzene rings is 1. The molecule has 2 rings (SSSR count). The minimum Gasteiger partial charge on any atom is -0.439 e. The second-order valence-electron chi connectivity index (χ2n) is 4.21. The molecule has 100 valence electrons. The number of aryl methyl sites for hydroxylation is 2. The lowest BCUT2D eigenvalue weighted by Gasteiger charge is -2.08. The summed E-state index contributed by atoms with van der Waals surface area (Å²) in [5.74, 6) is 1.92. The number of ether oxygens (including phenoxy) is 1. The maximum absolute atomic E-state index is 5.97. The largest absolute Gasteiger partial charge is 0.439 e. The smallest absolute Gasteiger partial charge is 0.224 e. The standard InChI is InChI=1S/C14H14BrClN2O/c1-3-4-13-17-12(16)8-14(18-13)19-10-5-6-11(15)9(2)7-10/h5-8H,3-4H2,1-2H3. The van der Waals surface area contributed by atoms with E-state index in [1.807, 2.05) is 25.1 Å². The third-order valence-corrected chi connectivity index (χ3v) is 3.63. The number of rotatable bonds is 4. The number of hydrogen-bond acceptors (Lipinski definition) is 3. The maximum Gasteiger partial charge on any atom is 0.224 e. The minimum atomic E-state index is 0.405. The second-order valence-corrected chi connectivity index (χ2v) is 5.45. The molecule has 2 aromatic rings. The summed E-state index contributed by atoms with van der Waals surface area (Å²) in [7, 11) is 0. The van der Waals surface area contributed by atoms with Gasteiger partial charge in [0.25, 0.3) is 0 Å². The molecule has 19 heavy (non-hydrogen) atoms. The van der Waals surface area contributed by atoms with Crippen LogP contribution in [0.3, 0.4) is 0 Å². The number of nitrogens with zero attached hydrogens (tertiary/aromatic N) is 2. The Kier molecular flexibility index (Phi) is 4.77. The topological polar surface area (TPSA) is 35.0 Å². The Balaban J connectivity index is 2.24. The van der Waals surface area contributed by atoms with Crippen LogP contribution in [0.25, 0.3) is 0 Å². The SMILES string of the molecule is CCCc1nc(Cl)cc(Oc2ccc(Br)c(C)c2)n1. The van der Waals surface area contributed by atoms with E-state index in [2.05, 4.69) is 32.8 Å². The Bertz CT molecular complexity index is 590. The molecule has 0 aliphatic carbocycles. The highest BCUT2D eigenvalue weighted by Crippen LogP contribution is 2.26. The lowest BCUT2D eigenvalue weighted by molar-refractivity contribution is 0.458. The van der Waals surface area contributed by atoms with E-state index in [4.69, 9.17) is 16.3 Å².